The first-order valence-electron chi connectivity index (χ1n) is 4.76. The molecule has 1 saturated carbocycles. The Hall–Kier alpha value is 1.48. The summed E-state index contributed by atoms with van der Waals surface area (Å²) in [4.78, 5) is 0. The van der Waals surface area contributed by atoms with E-state index in [-0.39, 0.29) is 0 Å². The van der Waals surface area contributed by atoms with E-state index in [2.05, 4.69) is 30.0 Å². The van der Waals surface area contributed by atoms with E-state index in [9.17, 15) is 0 Å². The molecule has 2 aliphatic rings. The van der Waals surface area contributed by atoms with E-state index >= 15 is 0 Å². The van der Waals surface area contributed by atoms with Crippen molar-refractivity contribution in [3.63, 3.8) is 0 Å². The van der Waals surface area contributed by atoms with Crippen molar-refractivity contribution in [2.45, 2.75) is 47.1 Å². The molecule has 0 unspecified atom stereocenters. The van der Waals surface area contributed by atoms with Gasteiger partial charge in [0.15, 0.2) is 0 Å². The summed E-state index contributed by atoms with van der Waals surface area (Å²) in [6, 6.07) is 0. The molecule has 0 nitrogen and oxygen atoms in total. The van der Waals surface area contributed by atoms with Gasteiger partial charge in [-0.1, -0.05) is 0 Å². The van der Waals surface area contributed by atoms with Gasteiger partial charge in [0.25, 0.3) is 0 Å². The van der Waals surface area contributed by atoms with Crippen molar-refractivity contribution in [1.29, 1.82) is 0 Å². The molecule has 0 radical (unpaired) electrons. The number of alkyl halides is 1. The molecule has 0 aromatic carbocycles. The molecule has 1 aliphatic carbocycles. The van der Waals surface area contributed by atoms with Crippen LogP contribution in [-0.2, 0) is 0 Å². The summed E-state index contributed by atoms with van der Waals surface area (Å²) in [5.74, 6) is 0. The molecule has 2 rings (SSSR count). The summed E-state index contributed by atoms with van der Waals surface area (Å²) in [5.41, 5.74) is 0. The van der Waals surface area contributed by atoms with E-state index in [1.54, 1.807) is 10.6 Å². The van der Waals surface area contributed by atoms with Crippen molar-refractivity contribution in [3.8, 4) is 0 Å². The van der Waals surface area contributed by atoms with E-state index in [4.69, 9.17) is 0 Å². The predicted octanol–water partition coefficient (Wildman–Crippen LogP) is 4.44. The van der Waals surface area contributed by atoms with Crippen LogP contribution in [0.1, 0.15) is 32.1 Å². The quantitative estimate of drug-likeness (QED) is 0.503. The third-order valence-corrected chi connectivity index (χ3v) is 20.7. The normalized spacial score (nSPS) is 34.2. The first-order chi connectivity index (χ1) is 5.72. The molecule has 1 saturated heterocycles. The minimum atomic E-state index is -1.17. The average Bonchev–Trinajstić information content (AvgIpc) is 2.35. The summed E-state index contributed by atoms with van der Waals surface area (Å²) in [6.45, 7) is 0. The van der Waals surface area contributed by atoms with Gasteiger partial charge in [-0.25, -0.2) is 0 Å². The maximum atomic E-state index is 4.17. The number of halogens is 2. The SMILES string of the molecule is BrCC1([Se]2(Br)CCCC2)CCC1. The second-order valence-electron chi connectivity index (χ2n) is 4.07. The Morgan fingerprint density at radius 2 is 1.67 bits per heavy atom. The van der Waals surface area contributed by atoms with Gasteiger partial charge in [-0.15, -0.1) is 0 Å². The Bertz CT molecular complexity index is 166. The van der Waals surface area contributed by atoms with Gasteiger partial charge in [-0.3, -0.25) is 0 Å². The van der Waals surface area contributed by atoms with Gasteiger partial charge in [-0.2, -0.15) is 0 Å². The molecular formula is C9H16Br2Se. The molecule has 1 heterocycles. The Kier molecular flexibility index (Phi) is 2.97. The third-order valence-electron chi connectivity index (χ3n) is 3.47. The van der Waals surface area contributed by atoms with Gasteiger partial charge in [0.05, 0.1) is 0 Å². The van der Waals surface area contributed by atoms with E-state index in [1.807, 2.05) is 0 Å². The van der Waals surface area contributed by atoms with E-state index in [0.717, 1.165) is 4.31 Å². The van der Waals surface area contributed by atoms with Crippen molar-refractivity contribution in [2.75, 3.05) is 5.33 Å². The first kappa shape index (κ1) is 10.0. The summed E-state index contributed by atoms with van der Waals surface area (Å²) < 4.78 is 0.771. The van der Waals surface area contributed by atoms with E-state index in [0.29, 0.717) is 0 Å². The number of hydrogen-bond acceptors (Lipinski definition) is 0. The predicted molar refractivity (Wildman–Crippen MR) is 63.9 cm³/mol. The molecule has 3 heteroatoms. The second-order valence-corrected chi connectivity index (χ2v) is 17.9. The Morgan fingerprint density at radius 3 is 2.00 bits per heavy atom. The Balaban J connectivity index is 2.14. The van der Waals surface area contributed by atoms with Crippen molar-refractivity contribution in [1.82, 2.24) is 0 Å². The molecule has 0 atom stereocenters. The molecule has 0 spiro atoms. The van der Waals surface area contributed by atoms with Crippen molar-refractivity contribution < 1.29 is 0 Å². The van der Waals surface area contributed by atoms with Crippen LogP contribution < -0.4 is 0 Å². The summed E-state index contributed by atoms with van der Waals surface area (Å²) in [5, 5.41) is 4.38. The standard InChI is InChI=1S/C9H16Br2Se/c10-8-9(4-3-5-9)12(11)6-1-2-7-12/h1-8H2. The van der Waals surface area contributed by atoms with Crippen LogP contribution in [0.5, 0.6) is 0 Å². The second kappa shape index (κ2) is 3.56. The van der Waals surface area contributed by atoms with E-state index in [1.165, 1.54) is 37.4 Å². The molecule has 12 heavy (non-hydrogen) atoms. The fraction of sp³-hybridized carbons (Fsp3) is 1.00. The van der Waals surface area contributed by atoms with Crippen LogP contribution in [0.4, 0.5) is 0 Å². The van der Waals surface area contributed by atoms with Crippen LogP contribution in [0, 0.1) is 0 Å². The molecule has 0 aromatic heterocycles. The van der Waals surface area contributed by atoms with Gasteiger partial charge in [0.1, 0.15) is 0 Å². The van der Waals surface area contributed by atoms with Gasteiger partial charge in [-0.05, 0) is 0 Å². The summed E-state index contributed by atoms with van der Waals surface area (Å²) in [7, 11) is 0. The van der Waals surface area contributed by atoms with Crippen LogP contribution in [0.15, 0.2) is 0 Å². The van der Waals surface area contributed by atoms with Crippen LogP contribution in [0.3, 0.4) is 0 Å². The molecule has 1 aliphatic heterocycles. The molecule has 0 amide bonds. The summed E-state index contributed by atoms with van der Waals surface area (Å²) in [6.07, 6.45) is 7.49. The van der Waals surface area contributed by atoms with Crippen LogP contribution >= 0.6 is 30.0 Å². The van der Waals surface area contributed by atoms with Gasteiger partial charge in [0, 0.05) is 0 Å². The molecule has 2 fully saturated rings. The molecular weight excluding hydrogens is 347 g/mol. The Labute approximate surface area is 92.9 Å². The van der Waals surface area contributed by atoms with Crippen molar-refractivity contribution >= 4 is 41.1 Å². The number of rotatable bonds is 2. The zero-order chi connectivity index (χ0) is 8.66. The number of hydrogen-bond donors (Lipinski definition) is 0. The summed E-state index contributed by atoms with van der Waals surface area (Å²) >= 11 is 6.73. The fourth-order valence-electron chi connectivity index (χ4n) is 2.37. The fourth-order valence-corrected chi connectivity index (χ4v) is 19.0. The molecule has 0 aromatic rings. The van der Waals surface area contributed by atoms with Gasteiger partial charge < -0.3 is 0 Å². The monoisotopic (exact) mass is 362 g/mol. The minimum absolute atomic E-state index is 0.771. The van der Waals surface area contributed by atoms with Crippen molar-refractivity contribution in [2.24, 2.45) is 0 Å². The average molecular weight is 363 g/mol. The topological polar surface area (TPSA) is 0 Å². The van der Waals surface area contributed by atoms with Gasteiger partial charge in [0.2, 0.25) is 0 Å². The molecule has 0 N–H and O–H groups in total. The van der Waals surface area contributed by atoms with Crippen LogP contribution in [0.2, 0.25) is 15.0 Å². The van der Waals surface area contributed by atoms with Crippen molar-refractivity contribution in [3.05, 3.63) is 0 Å². The van der Waals surface area contributed by atoms with Gasteiger partial charge >= 0.3 is 93.5 Å². The van der Waals surface area contributed by atoms with E-state index < -0.39 is 11.0 Å². The molecule has 0 bridgehead atoms. The zero-order valence-electron chi connectivity index (χ0n) is 7.32. The van der Waals surface area contributed by atoms with Crippen LogP contribution in [-0.4, -0.2) is 16.4 Å². The molecule has 72 valence electrons. The zero-order valence-corrected chi connectivity index (χ0v) is 12.2. The van der Waals surface area contributed by atoms with Crippen LogP contribution in [0.25, 0.3) is 0 Å². The maximum absolute atomic E-state index is 4.17. The first-order valence-corrected chi connectivity index (χ1v) is 13.2. The Morgan fingerprint density at radius 1 is 1.08 bits per heavy atom. The third kappa shape index (κ3) is 1.36.